The smallest absolute Gasteiger partial charge is 0.124 e. The van der Waals surface area contributed by atoms with Gasteiger partial charge in [0.2, 0.25) is 0 Å². The van der Waals surface area contributed by atoms with Crippen LogP contribution in [0.15, 0.2) is 18.2 Å². The Kier molecular flexibility index (Phi) is 3.76. The quantitative estimate of drug-likeness (QED) is 0.804. The van der Waals surface area contributed by atoms with Gasteiger partial charge in [0.05, 0.1) is 16.9 Å². The summed E-state index contributed by atoms with van der Waals surface area (Å²) >= 11 is 6.07. The van der Waals surface area contributed by atoms with Gasteiger partial charge in [-0.2, -0.15) is 0 Å². The van der Waals surface area contributed by atoms with Gasteiger partial charge in [0.15, 0.2) is 0 Å². The fraction of sp³-hybridized carbons (Fsp3) is 0.533. The van der Waals surface area contributed by atoms with Crippen LogP contribution in [-0.4, -0.2) is 22.8 Å². The van der Waals surface area contributed by atoms with Crippen molar-refractivity contribution < 1.29 is 4.74 Å². The highest BCUT2D eigenvalue weighted by Crippen LogP contribution is 2.25. The van der Waals surface area contributed by atoms with Crippen LogP contribution in [0, 0.1) is 12.8 Å². The van der Waals surface area contributed by atoms with Crippen molar-refractivity contribution in [3.8, 4) is 0 Å². The highest BCUT2D eigenvalue weighted by Gasteiger charge is 2.18. The van der Waals surface area contributed by atoms with Gasteiger partial charge in [0.25, 0.3) is 0 Å². The standard InChI is InChI=1S/C15H19ClN2O/c1-11-3-2-4-13-15(11)18(14(9-16)17-13)10-12-5-7-19-8-6-12/h2-4,12H,5-10H2,1H3. The molecule has 2 aromatic rings. The number of aromatic nitrogens is 2. The summed E-state index contributed by atoms with van der Waals surface area (Å²) < 4.78 is 7.75. The molecule has 0 amide bonds. The molecule has 1 aliphatic heterocycles. The fourth-order valence-corrected chi connectivity index (χ4v) is 3.10. The monoisotopic (exact) mass is 278 g/mol. The highest BCUT2D eigenvalue weighted by atomic mass is 35.5. The fourth-order valence-electron chi connectivity index (χ4n) is 2.90. The molecule has 0 unspecified atom stereocenters. The Balaban J connectivity index is 2.00. The molecule has 0 N–H and O–H groups in total. The molecule has 0 aliphatic carbocycles. The molecule has 0 spiro atoms. The molecule has 3 rings (SSSR count). The van der Waals surface area contributed by atoms with Gasteiger partial charge in [0.1, 0.15) is 5.82 Å². The number of imidazole rings is 1. The lowest BCUT2D eigenvalue weighted by Gasteiger charge is -2.23. The SMILES string of the molecule is Cc1cccc2nc(CCl)n(CC3CCOCC3)c12. The zero-order chi connectivity index (χ0) is 13.2. The van der Waals surface area contributed by atoms with E-state index in [-0.39, 0.29) is 0 Å². The molecule has 0 bridgehead atoms. The van der Waals surface area contributed by atoms with Crippen molar-refractivity contribution in [2.75, 3.05) is 13.2 Å². The van der Waals surface area contributed by atoms with Gasteiger partial charge in [-0.25, -0.2) is 4.98 Å². The Labute approximate surface area is 118 Å². The summed E-state index contributed by atoms with van der Waals surface area (Å²) in [5.74, 6) is 2.13. The van der Waals surface area contributed by atoms with Gasteiger partial charge < -0.3 is 9.30 Å². The van der Waals surface area contributed by atoms with Gasteiger partial charge in [-0.1, -0.05) is 12.1 Å². The Hall–Kier alpha value is -1.06. The van der Waals surface area contributed by atoms with E-state index in [9.17, 15) is 0 Å². The molecule has 19 heavy (non-hydrogen) atoms. The minimum atomic E-state index is 0.470. The second-order valence-electron chi connectivity index (χ2n) is 5.27. The largest absolute Gasteiger partial charge is 0.381 e. The number of hydrogen-bond donors (Lipinski definition) is 0. The maximum atomic E-state index is 6.07. The predicted molar refractivity (Wildman–Crippen MR) is 77.6 cm³/mol. The second-order valence-corrected chi connectivity index (χ2v) is 5.54. The maximum absolute atomic E-state index is 6.07. The third-order valence-electron chi connectivity index (χ3n) is 3.95. The van der Waals surface area contributed by atoms with Gasteiger partial charge in [-0.05, 0) is 37.3 Å². The van der Waals surface area contributed by atoms with Gasteiger partial charge in [-0.15, -0.1) is 11.6 Å². The lowest BCUT2D eigenvalue weighted by molar-refractivity contribution is 0.0614. The molecule has 102 valence electrons. The van der Waals surface area contributed by atoms with Gasteiger partial charge >= 0.3 is 0 Å². The summed E-state index contributed by atoms with van der Waals surface area (Å²) in [4.78, 5) is 4.66. The minimum Gasteiger partial charge on any atom is -0.381 e. The summed E-state index contributed by atoms with van der Waals surface area (Å²) in [6.07, 6.45) is 2.26. The first-order valence-corrected chi connectivity index (χ1v) is 7.41. The average molecular weight is 279 g/mol. The molecule has 3 nitrogen and oxygen atoms in total. The molecule has 1 fully saturated rings. The van der Waals surface area contributed by atoms with Crippen LogP contribution in [0.2, 0.25) is 0 Å². The van der Waals surface area contributed by atoms with E-state index in [4.69, 9.17) is 16.3 Å². The molecule has 1 aromatic heterocycles. The number of halogens is 1. The molecular weight excluding hydrogens is 260 g/mol. The molecule has 0 saturated carbocycles. The molecule has 0 atom stereocenters. The lowest BCUT2D eigenvalue weighted by Crippen LogP contribution is -2.21. The van der Waals surface area contributed by atoms with Crippen LogP contribution < -0.4 is 0 Å². The summed E-state index contributed by atoms with van der Waals surface area (Å²) in [5, 5.41) is 0. The highest BCUT2D eigenvalue weighted by molar-refractivity contribution is 6.16. The van der Waals surface area contributed by atoms with E-state index >= 15 is 0 Å². The summed E-state index contributed by atoms with van der Waals surface area (Å²) in [6, 6.07) is 6.27. The number of rotatable bonds is 3. The molecular formula is C15H19ClN2O. The van der Waals surface area contributed by atoms with E-state index in [1.165, 1.54) is 11.1 Å². The van der Waals surface area contributed by atoms with Crippen LogP contribution >= 0.6 is 11.6 Å². The number of aryl methyl sites for hydroxylation is 1. The van der Waals surface area contributed by atoms with Crippen LogP contribution in [0.3, 0.4) is 0 Å². The van der Waals surface area contributed by atoms with Gasteiger partial charge in [0, 0.05) is 19.8 Å². The Bertz CT molecular complexity index is 573. The number of fused-ring (bicyclic) bond motifs is 1. The first kappa shape index (κ1) is 12.9. The average Bonchev–Trinajstić information content (AvgIpc) is 2.79. The van der Waals surface area contributed by atoms with E-state index in [0.29, 0.717) is 11.8 Å². The van der Waals surface area contributed by atoms with Crippen LogP contribution in [0.25, 0.3) is 11.0 Å². The maximum Gasteiger partial charge on any atom is 0.124 e. The Morgan fingerprint density at radius 2 is 2.16 bits per heavy atom. The molecule has 2 heterocycles. The third-order valence-corrected chi connectivity index (χ3v) is 4.19. The topological polar surface area (TPSA) is 27.1 Å². The molecule has 1 saturated heterocycles. The Morgan fingerprint density at radius 3 is 2.89 bits per heavy atom. The van der Waals surface area contributed by atoms with Crippen LogP contribution in [0.1, 0.15) is 24.2 Å². The first-order chi connectivity index (χ1) is 9.29. The van der Waals surface area contributed by atoms with Crippen molar-refractivity contribution >= 4 is 22.6 Å². The van der Waals surface area contributed by atoms with Crippen molar-refractivity contribution in [1.29, 1.82) is 0 Å². The van der Waals surface area contributed by atoms with Crippen LogP contribution in [0.4, 0.5) is 0 Å². The third kappa shape index (κ3) is 2.49. The molecule has 1 aliphatic rings. The lowest BCUT2D eigenvalue weighted by atomic mass is 10.00. The number of ether oxygens (including phenoxy) is 1. The van der Waals surface area contributed by atoms with Crippen molar-refractivity contribution in [1.82, 2.24) is 9.55 Å². The van der Waals surface area contributed by atoms with E-state index in [2.05, 4.69) is 34.7 Å². The summed E-state index contributed by atoms with van der Waals surface area (Å²) in [5.41, 5.74) is 3.57. The second kappa shape index (κ2) is 5.51. The molecule has 0 radical (unpaired) electrons. The molecule has 1 aromatic carbocycles. The summed E-state index contributed by atoms with van der Waals surface area (Å²) in [6.45, 7) is 4.91. The van der Waals surface area contributed by atoms with Crippen molar-refractivity contribution in [2.45, 2.75) is 32.2 Å². The minimum absolute atomic E-state index is 0.470. The zero-order valence-corrected chi connectivity index (χ0v) is 12.0. The van der Waals surface area contributed by atoms with Crippen LogP contribution in [0.5, 0.6) is 0 Å². The normalized spacial score (nSPS) is 17.2. The van der Waals surface area contributed by atoms with Crippen molar-refractivity contribution in [3.63, 3.8) is 0 Å². The van der Waals surface area contributed by atoms with E-state index in [1.807, 2.05) is 0 Å². The van der Waals surface area contributed by atoms with Crippen molar-refractivity contribution in [2.24, 2.45) is 5.92 Å². The number of alkyl halides is 1. The van der Waals surface area contributed by atoms with Gasteiger partial charge in [-0.3, -0.25) is 0 Å². The van der Waals surface area contributed by atoms with Crippen molar-refractivity contribution in [3.05, 3.63) is 29.6 Å². The Morgan fingerprint density at radius 1 is 1.37 bits per heavy atom. The zero-order valence-electron chi connectivity index (χ0n) is 11.2. The molecule has 4 heteroatoms. The first-order valence-electron chi connectivity index (χ1n) is 6.88. The van der Waals surface area contributed by atoms with Crippen LogP contribution in [-0.2, 0) is 17.2 Å². The number of hydrogen-bond acceptors (Lipinski definition) is 2. The number of benzene rings is 1. The predicted octanol–water partition coefficient (Wildman–Crippen LogP) is 3.51. The number of nitrogens with zero attached hydrogens (tertiary/aromatic N) is 2. The number of para-hydroxylation sites is 1. The summed E-state index contributed by atoms with van der Waals surface area (Å²) in [7, 11) is 0. The van der Waals surface area contributed by atoms with E-state index < -0.39 is 0 Å². The van der Waals surface area contributed by atoms with E-state index in [0.717, 1.165) is 43.9 Å². The van der Waals surface area contributed by atoms with E-state index in [1.54, 1.807) is 0 Å².